The molecule has 25 heavy (non-hydrogen) atoms. The first kappa shape index (κ1) is 20.5. The topological polar surface area (TPSA) is 81.1 Å². The third kappa shape index (κ3) is 4.15. The molecule has 0 radical (unpaired) electrons. The summed E-state index contributed by atoms with van der Waals surface area (Å²) in [6, 6.07) is -0.843. The first-order valence-electron chi connectivity index (χ1n) is 9.00. The summed E-state index contributed by atoms with van der Waals surface area (Å²) in [5, 5.41) is 9.00. The van der Waals surface area contributed by atoms with Crippen LogP contribution in [0.4, 0.5) is 0 Å². The smallest absolute Gasteiger partial charge is 0.320 e. The quantitative estimate of drug-likeness (QED) is 0.781. The number of aromatic nitrogens is 2. The van der Waals surface area contributed by atoms with Gasteiger partial charge in [-0.05, 0) is 68.1 Å². The Bertz CT molecular complexity index is 570. The molecule has 0 spiro atoms. The molecule has 1 atom stereocenters. The van der Waals surface area contributed by atoms with Gasteiger partial charge >= 0.3 is 5.97 Å². The average Bonchev–Trinajstić information content (AvgIpc) is 2.91. The Labute approximate surface area is 161 Å². The second kappa shape index (κ2) is 7.85. The van der Waals surface area contributed by atoms with Crippen molar-refractivity contribution in [1.29, 1.82) is 0 Å². The molecule has 4 saturated carbocycles. The molecule has 1 heterocycles. The maximum atomic E-state index is 11.0. The van der Waals surface area contributed by atoms with Crippen LogP contribution in [0.3, 0.4) is 0 Å². The Hall–Kier alpha value is -0.780. The molecule has 3 N–H and O–H groups in total. The van der Waals surface area contributed by atoms with Crippen LogP contribution in [0.1, 0.15) is 50.6 Å². The molecule has 5 rings (SSSR count). The summed E-state index contributed by atoms with van der Waals surface area (Å²) in [6.45, 7) is 0.952. The number of nitrogens with zero attached hydrogens (tertiary/aromatic N) is 2. The van der Waals surface area contributed by atoms with Crippen LogP contribution in [0.25, 0.3) is 0 Å². The van der Waals surface area contributed by atoms with E-state index in [4.69, 9.17) is 10.8 Å². The number of hydrogen-bond donors (Lipinski definition) is 2. The van der Waals surface area contributed by atoms with Crippen LogP contribution >= 0.6 is 24.8 Å². The van der Waals surface area contributed by atoms with Crippen molar-refractivity contribution in [3.8, 4) is 0 Å². The molecular formula is C18H29Cl2N3O2. The van der Waals surface area contributed by atoms with Gasteiger partial charge in [0.05, 0.1) is 6.33 Å². The van der Waals surface area contributed by atoms with E-state index in [-0.39, 0.29) is 24.8 Å². The van der Waals surface area contributed by atoms with E-state index >= 15 is 0 Å². The van der Waals surface area contributed by atoms with Crippen LogP contribution in [0.15, 0.2) is 12.5 Å². The maximum absolute atomic E-state index is 11.0. The number of carboxylic acids is 1. The second-order valence-corrected chi connectivity index (χ2v) is 8.39. The van der Waals surface area contributed by atoms with Gasteiger partial charge in [-0.15, -0.1) is 24.8 Å². The predicted molar refractivity (Wildman–Crippen MR) is 101 cm³/mol. The van der Waals surface area contributed by atoms with Crippen molar-refractivity contribution < 1.29 is 9.90 Å². The second-order valence-electron chi connectivity index (χ2n) is 8.39. The van der Waals surface area contributed by atoms with Crippen LogP contribution in [-0.4, -0.2) is 26.7 Å². The lowest BCUT2D eigenvalue weighted by Crippen LogP contribution is -2.46. The van der Waals surface area contributed by atoms with Crippen molar-refractivity contribution in [2.45, 2.75) is 64.0 Å². The van der Waals surface area contributed by atoms with Gasteiger partial charge in [0.15, 0.2) is 0 Å². The Morgan fingerprint density at radius 3 is 2.32 bits per heavy atom. The van der Waals surface area contributed by atoms with E-state index < -0.39 is 12.0 Å². The van der Waals surface area contributed by atoms with Crippen LogP contribution < -0.4 is 5.73 Å². The monoisotopic (exact) mass is 389 g/mol. The van der Waals surface area contributed by atoms with E-state index in [1.807, 2.05) is 6.33 Å². The zero-order valence-corrected chi connectivity index (χ0v) is 16.1. The average molecular weight is 390 g/mol. The fourth-order valence-corrected chi connectivity index (χ4v) is 5.99. The minimum atomic E-state index is -0.946. The van der Waals surface area contributed by atoms with Gasteiger partial charge < -0.3 is 15.4 Å². The van der Waals surface area contributed by atoms with Gasteiger partial charge in [0.25, 0.3) is 0 Å². The lowest BCUT2D eigenvalue weighted by atomic mass is 9.49. The molecule has 4 fully saturated rings. The SMILES string of the molecule is Cl.Cl.N[C@@H](Cc1cncn1CCC12CC3CC(CC(C3)C1)C2)C(=O)O. The Morgan fingerprint density at radius 2 is 1.80 bits per heavy atom. The van der Waals surface area contributed by atoms with E-state index in [2.05, 4.69) is 9.55 Å². The zero-order valence-electron chi connectivity index (χ0n) is 14.5. The number of imidazole rings is 1. The van der Waals surface area contributed by atoms with Gasteiger partial charge in [-0.25, -0.2) is 4.98 Å². The molecule has 1 aromatic rings. The van der Waals surface area contributed by atoms with Gasteiger partial charge in [-0.2, -0.15) is 0 Å². The van der Waals surface area contributed by atoms with Crippen LogP contribution in [0, 0.1) is 23.2 Å². The summed E-state index contributed by atoms with van der Waals surface area (Å²) in [5.74, 6) is 1.98. The van der Waals surface area contributed by atoms with Crippen LogP contribution in [0.5, 0.6) is 0 Å². The predicted octanol–water partition coefficient (Wildman–Crippen LogP) is 3.29. The minimum absolute atomic E-state index is 0. The highest BCUT2D eigenvalue weighted by Gasteiger charge is 2.50. The fraction of sp³-hybridized carbons (Fsp3) is 0.778. The number of halogens is 2. The highest BCUT2D eigenvalue weighted by atomic mass is 35.5. The molecule has 0 aromatic carbocycles. The van der Waals surface area contributed by atoms with Gasteiger partial charge in [0.2, 0.25) is 0 Å². The lowest BCUT2D eigenvalue weighted by molar-refractivity contribution is -0.138. The number of nitrogens with two attached hydrogens (primary N) is 1. The molecule has 0 aliphatic heterocycles. The number of carboxylic acid groups (broad SMARTS) is 1. The molecular weight excluding hydrogens is 361 g/mol. The highest BCUT2D eigenvalue weighted by Crippen LogP contribution is 2.61. The maximum Gasteiger partial charge on any atom is 0.320 e. The largest absolute Gasteiger partial charge is 0.480 e. The summed E-state index contributed by atoms with van der Waals surface area (Å²) in [5.41, 5.74) is 7.17. The molecule has 0 amide bonds. The number of hydrogen-bond acceptors (Lipinski definition) is 3. The van der Waals surface area contributed by atoms with Crippen LogP contribution in [-0.2, 0) is 17.8 Å². The van der Waals surface area contributed by atoms with Crippen molar-refractivity contribution in [3.63, 3.8) is 0 Å². The molecule has 4 aliphatic carbocycles. The fourth-order valence-electron chi connectivity index (χ4n) is 5.99. The molecule has 0 saturated heterocycles. The Morgan fingerprint density at radius 1 is 1.24 bits per heavy atom. The Balaban J connectivity index is 0.00000113. The van der Waals surface area contributed by atoms with E-state index in [9.17, 15) is 4.79 Å². The highest BCUT2D eigenvalue weighted by molar-refractivity contribution is 5.85. The Kier molecular flexibility index (Phi) is 6.45. The molecule has 0 unspecified atom stereocenters. The van der Waals surface area contributed by atoms with Crippen molar-refractivity contribution in [2.75, 3.05) is 0 Å². The third-order valence-corrected chi connectivity index (χ3v) is 6.59. The van der Waals surface area contributed by atoms with Gasteiger partial charge in [-0.1, -0.05) is 0 Å². The number of aryl methyl sites for hydroxylation is 1. The van der Waals surface area contributed by atoms with Crippen molar-refractivity contribution >= 4 is 30.8 Å². The third-order valence-electron chi connectivity index (χ3n) is 6.59. The molecule has 7 heteroatoms. The molecule has 4 bridgehead atoms. The van der Waals surface area contributed by atoms with E-state index in [1.165, 1.54) is 44.9 Å². The van der Waals surface area contributed by atoms with Gasteiger partial charge in [-0.3, -0.25) is 4.79 Å². The molecule has 142 valence electrons. The van der Waals surface area contributed by atoms with Crippen molar-refractivity contribution in [3.05, 3.63) is 18.2 Å². The van der Waals surface area contributed by atoms with E-state index in [0.717, 1.165) is 30.0 Å². The zero-order chi connectivity index (χ0) is 16.0. The molecule has 4 aliphatic rings. The van der Waals surface area contributed by atoms with Gasteiger partial charge in [0.1, 0.15) is 6.04 Å². The normalized spacial score (nSPS) is 33.4. The first-order valence-corrected chi connectivity index (χ1v) is 9.00. The summed E-state index contributed by atoms with van der Waals surface area (Å²) in [4.78, 5) is 15.2. The summed E-state index contributed by atoms with van der Waals surface area (Å²) in [6.07, 6.45) is 13.8. The first-order chi connectivity index (χ1) is 11.0. The molecule has 5 nitrogen and oxygen atoms in total. The minimum Gasteiger partial charge on any atom is -0.480 e. The summed E-state index contributed by atoms with van der Waals surface area (Å²) < 4.78 is 2.13. The van der Waals surface area contributed by atoms with Crippen molar-refractivity contribution in [2.24, 2.45) is 28.9 Å². The van der Waals surface area contributed by atoms with E-state index in [0.29, 0.717) is 11.8 Å². The summed E-state index contributed by atoms with van der Waals surface area (Å²) in [7, 11) is 0. The van der Waals surface area contributed by atoms with Crippen LogP contribution in [0.2, 0.25) is 0 Å². The number of aliphatic carboxylic acids is 1. The van der Waals surface area contributed by atoms with E-state index in [1.54, 1.807) is 6.20 Å². The van der Waals surface area contributed by atoms with Gasteiger partial charge in [0, 0.05) is 24.9 Å². The number of rotatable bonds is 6. The standard InChI is InChI=1S/C18H27N3O2.2ClH/c19-16(17(22)23)6-15-10-20-11-21(15)2-1-18-7-12-3-13(8-18)5-14(4-12)9-18;;/h10-14,16H,1-9,19H2,(H,22,23);2*1H/t12?,13?,14?,16-,18?;;/m0../s1. The number of carbonyl (C=O) groups is 1. The lowest BCUT2D eigenvalue weighted by Gasteiger charge is -2.57. The summed E-state index contributed by atoms with van der Waals surface area (Å²) >= 11 is 0. The van der Waals surface area contributed by atoms with Crippen molar-refractivity contribution in [1.82, 2.24) is 9.55 Å². The molecule has 1 aromatic heterocycles.